The molecule has 0 aliphatic carbocycles. The summed E-state index contributed by atoms with van der Waals surface area (Å²) in [5, 5.41) is 12.6. The van der Waals surface area contributed by atoms with Crippen LogP contribution in [0.5, 0.6) is 0 Å². The number of aliphatic hydroxyl groups is 1. The predicted octanol–water partition coefficient (Wildman–Crippen LogP) is 2.03. The Morgan fingerprint density at radius 1 is 1.50 bits per heavy atom. The number of aliphatic hydroxyl groups excluding tert-OH is 1. The van der Waals surface area contributed by atoms with Gasteiger partial charge in [0.15, 0.2) is 0 Å². The molecule has 0 heterocycles. The van der Waals surface area contributed by atoms with Gasteiger partial charge in [0, 0.05) is 18.1 Å². The average Bonchev–Trinajstić information content (AvgIpc) is 2.29. The molecule has 1 atom stereocenters. The highest BCUT2D eigenvalue weighted by Crippen LogP contribution is 2.21. The fourth-order valence-electron chi connectivity index (χ4n) is 1.51. The molecule has 0 aliphatic rings. The van der Waals surface area contributed by atoms with E-state index in [0.29, 0.717) is 6.61 Å². The van der Waals surface area contributed by atoms with Gasteiger partial charge < -0.3 is 15.2 Å². The lowest BCUT2D eigenvalue weighted by molar-refractivity contribution is 0.184. The van der Waals surface area contributed by atoms with E-state index in [0.717, 1.165) is 16.6 Å². The molecule has 1 aromatic rings. The Morgan fingerprint density at radius 2 is 2.25 bits per heavy atom. The van der Waals surface area contributed by atoms with Gasteiger partial charge in [-0.05, 0) is 24.1 Å². The van der Waals surface area contributed by atoms with Crippen LogP contribution in [0.3, 0.4) is 0 Å². The lowest BCUT2D eigenvalue weighted by Gasteiger charge is -2.17. The molecule has 0 radical (unpaired) electrons. The van der Waals surface area contributed by atoms with Gasteiger partial charge >= 0.3 is 0 Å². The van der Waals surface area contributed by atoms with Crippen molar-refractivity contribution in [1.82, 2.24) is 5.32 Å². The van der Waals surface area contributed by atoms with Gasteiger partial charge in [0.05, 0.1) is 19.3 Å². The molecular weight excluding hydrogens is 270 g/mol. The number of halogens is 1. The standard InChI is InChI=1S/C12H18BrNO2/c1-9-7-10(3-4-11(9)13)12(8-15)14-5-6-16-2/h3-4,7,12,14-15H,5-6,8H2,1-2H3. The van der Waals surface area contributed by atoms with Crippen molar-refractivity contribution in [2.24, 2.45) is 0 Å². The summed E-state index contributed by atoms with van der Waals surface area (Å²) < 4.78 is 6.05. The lowest BCUT2D eigenvalue weighted by Crippen LogP contribution is -2.27. The molecule has 0 saturated carbocycles. The zero-order valence-electron chi connectivity index (χ0n) is 9.66. The highest BCUT2D eigenvalue weighted by Gasteiger charge is 2.10. The Labute approximate surface area is 105 Å². The van der Waals surface area contributed by atoms with E-state index >= 15 is 0 Å². The maximum atomic E-state index is 9.32. The first kappa shape index (κ1) is 13.6. The number of nitrogens with one attached hydrogen (secondary N) is 1. The van der Waals surface area contributed by atoms with Crippen LogP contribution < -0.4 is 5.32 Å². The summed E-state index contributed by atoms with van der Waals surface area (Å²) >= 11 is 3.46. The number of hydrogen-bond donors (Lipinski definition) is 2. The van der Waals surface area contributed by atoms with Gasteiger partial charge in [-0.3, -0.25) is 0 Å². The van der Waals surface area contributed by atoms with E-state index in [1.165, 1.54) is 5.56 Å². The summed E-state index contributed by atoms with van der Waals surface area (Å²) in [6.45, 7) is 3.50. The molecule has 0 aliphatic heterocycles. The fraction of sp³-hybridized carbons (Fsp3) is 0.500. The Kier molecular flexibility index (Phi) is 5.98. The number of hydrogen-bond acceptors (Lipinski definition) is 3. The van der Waals surface area contributed by atoms with Crippen molar-refractivity contribution in [2.75, 3.05) is 26.9 Å². The van der Waals surface area contributed by atoms with E-state index in [2.05, 4.69) is 27.3 Å². The number of methoxy groups -OCH3 is 1. The Bertz CT molecular complexity index is 331. The Hall–Kier alpha value is -0.420. The zero-order chi connectivity index (χ0) is 12.0. The Morgan fingerprint density at radius 3 is 2.81 bits per heavy atom. The van der Waals surface area contributed by atoms with Crippen molar-refractivity contribution in [2.45, 2.75) is 13.0 Å². The third-order valence-electron chi connectivity index (χ3n) is 2.46. The van der Waals surface area contributed by atoms with Crippen molar-refractivity contribution >= 4 is 15.9 Å². The second-order valence-corrected chi connectivity index (χ2v) is 4.55. The molecule has 0 bridgehead atoms. The maximum absolute atomic E-state index is 9.32. The van der Waals surface area contributed by atoms with Crippen LogP contribution in [-0.2, 0) is 4.74 Å². The highest BCUT2D eigenvalue weighted by atomic mass is 79.9. The van der Waals surface area contributed by atoms with E-state index in [9.17, 15) is 5.11 Å². The first-order valence-electron chi connectivity index (χ1n) is 5.28. The van der Waals surface area contributed by atoms with Crippen LogP contribution >= 0.6 is 15.9 Å². The fourth-order valence-corrected chi connectivity index (χ4v) is 1.75. The number of benzene rings is 1. The second-order valence-electron chi connectivity index (χ2n) is 3.69. The molecule has 1 rings (SSSR count). The third kappa shape index (κ3) is 3.87. The summed E-state index contributed by atoms with van der Waals surface area (Å²) in [7, 11) is 1.67. The van der Waals surface area contributed by atoms with Crippen LogP contribution in [0.4, 0.5) is 0 Å². The van der Waals surface area contributed by atoms with Gasteiger partial charge in [-0.15, -0.1) is 0 Å². The SMILES string of the molecule is COCCNC(CO)c1ccc(Br)c(C)c1. The van der Waals surface area contributed by atoms with E-state index < -0.39 is 0 Å². The largest absolute Gasteiger partial charge is 0.394 e. The van der Waals surface area contributed by atoms with Crippen molar-refractivity contribution in [3.63, 3.8) is 0 Å². The topological polar surface area (TPSA) is 41.5 Å². The Balaban J connectivity index is 2.67. The van der Waals surface area contributed by atoms with Crippen molar-refractivity contribution < 1.29 is 9.84 Å². The van der Waals surface area contributed by atoms with E-state index in [1.54, 1.807) is 7.11 Å². The van der Waals surface area contributed by atoms with Crippen molar-refractivity contribution in [1.29, 1.82) is 0 Å². The lowest BCUT2D eigenvalue weighted by atomic mass is 10.1. The van der Waals surface area contributed by atoms with Crippen LogP contribution in [0.1, 0.15) is 17.2 Å². The second kappa shape index (κ2) is 7.01. The minimum Gasteiger partial charge on any atom is -0.394 e. The smallest absolute Gasteiger partial charge is 0.0626 e. The van der Waals surface area contributed by atoms with Gasteiger partial charge in [-0.2, -0.15) is 0 Å². The van der Waals surface area contributed by atoms with Crippen molar-refractivity contribution in [3.8, 4) is 0 Å². The highest BCUT2D eigenvalue weighted by molar-refractivity contribution is 9.10. The van der Waals surface area contributed by atoms with E-state index in [-0.39, 0.29) is 12.6 Å². The van der Waals surface area contributed by atoms with Crippen LogP contribution in [-0.4, -0.2) is 32.0 Å². The third-order valence-corrected chi connectivity index (χ3v) is 3.35. The maximum Gasteiger partial charge on any atom is 0.0626 e. The zero-order valence-corrected chi connectivity index (χ0v) is 11.3. The van der Waals surface area contributed by atoms with Crippen LogP contribution in [0, 0.1) is 6.92 Å². The monoisotopic (exact) mass is 287 g/mol. The minimum absolute atomic E-state index is 0.0260. The molecule has 1 unspecified atom stereocenters. The summed E-state index contributed by atoms with van der Waals surface area (Å²) in [5.41, 5.74) is 2.27. The quantitative estimate of drug-likeness (QED) is 0.787. The average molecular weight is 288 g/mol. The molecule has 2 N–H and O–H groups in total. The molecule has 0 amide bonds. The van der Waals surface area contributed by atoms with Crippen LogP contribution in [0.25, 0.3) is 0 Å². The first-order chi connectivity index (χ1) is 7.69. The van der Waals surface area contributed by atoms with Gasteiger partial charge in [0.1, 0.15) is 0 Å². The van der Waals surface area contributed by atoms with E-state index in [4.69, 9.17) is 4.74 Å². The van der Waals surface area contributed by atoms with Crippen LogP contribution in [0.15, 0.2) is 22.7 Å². The van der Waals surface area contributed by atoms with Crippen molar-refractivity contribution in [3.05, 3.63) is 33.8 Å². The molecule has 4 heteroatoms. The molecule has 90 valence electrons. The summed E-state index contributed by atoms with van der Waals surface area (Å²) in [5.74, 6) is 0. The number of aryl methyl sites for hydroxylation is 1. The molecule has 16 heavy (non-hydrogen) atoms. The number of rotatable bonds is 6. The molecule has 0 aromatic heterocycles. The van der Waals surface area contributed by atoms with Crippen LogP contribution in [0.2, 0.25) is 0 Å². The predicted molar refractivity (Wildman–Crippen MR) is 68.6 cm³/mol. The molecule has 0 spiro atoms. The molecular formula is C12H18BrNO2. The van der Waals surface area contributed by atoms with Gasteiger partial charge in [0.2, 0.25) is 0 Å². The number of ether oxygens (including phenoxy) is 1. The first-order valence-corrected chi connectivity index (χ1v) is 6.07. The van der Waals surface area contributed by atoms with E-state index in [1.807, 2.05) is 19.1 Å². The molecule has 0 fully saturated rings. The molecule has 0 saturated heterocycles. The van der Waals surface area contributed by atoms with Gasteiger partial charge in [-0.25, -0.2) is 0 Å². The molecule has 3 nitrogen and oxygen atoms in total. The summed E-state index contributed by atoms with van der Waals surface area (Å²) in [6.07, 6.45) is 0. The van der Waals surface area contributed by atoms with Gasteiger partial charge in [0.25, 0.3) is 0 Å². The van der Waals surface area contributed by atoms with Gasteiger partial charge in [-0.1, -0.05) is 28.1 Å². The minimum atomic E-state index is -0.0260. The summed E-state index contributed by atoms with van der Waals surface area (Å²) in [4.78, 5) is 0. The summed E-state index contributed by atoms with van der Waals surface area (Å²) in [6, 6.07) is 6.07. The molecule has 1 aromatic carbocycles. The normalized spacial score (nSPS) is 12.8.